The second kappa shape index (κ2) is 10.7. The smallest absolute Gasteiger partial charge is 0.324 e. The summed E-state index contributed by atoms with van der Waals surface area (Å²) in [6.45, 7) is 1.75. The standard InChI is InChI=1S/C27H29N3O4/c1-33-22-11-9-21(10-12-22)19-29-15-6-16-30(27(29)32)25-14-13-23(34-2)18-24(25)28-26(31)17-20-7-4-3-5-8-20/h3-5,7-14,18H,6,15-17,19H2,1-2H3,(H,28,31). The molecule has 7 heteroatoms. The van der Waals surface area contributed by atoms with Gasteiger partial charge in [-0.15, -0.1) is 0 Å². The Kier molecular flexibility index (Phi) is 7.32. The van der Waals surface area contributed by atoms with Crippen molar-refractivity contribution < 1.29 is 19.1 Å². The monoisotopic (exact) mass is 459 g/mol. The van der Waals surface area contributed by atoms with Crippen molar-refractivity contribution in [2.24, 2.45) is 0 Å². The summed E-state index contributed by atoms with van der Waals surface area (Å²) in [5, 5.41) is 2.98. The first-order chi connectivity index (χ1) is 16.6. The van der Waals surface area contributed by atoms with E-state index in [2.05, 4.69) is 5.32 Å². The number of hydrogen-bond donors (Lipinski definition) is 1. The van der Waals surface area contributed by atoms with Crippen LogP contribution in [0.2, 0.25) is 0 Å². The number of urea groups is 1. The number of carbonyl (C=O) groups is 2. The van der Waals surface area contributed by atoms with Gasteiger partial charge in [0, 0.05) is 25.7 Å². The van der Waals surface area contributed by atoms with Crippen LogP contribution in [0.15, 0.2) is 72.8 Å². The van der Waals surface area contributed by atoms with Crippen LogP contribution in [0.4, 0.5) is 16.2 Å². The molecule has 4 rings (SSSR count). The van der Waals surface area contributed by atoms with Gasteiger partial charge in [-0.1, -0.05) is 42.5 Å². The lowest BCUT2D eigenvalue weighted by atomic mass is 10.1. The highest BCUT2D eigenvalue weighted by Gasteiger charge is 2.29. The molecule has 0 aromatic heterocycles. The summed E-state index contributed by atoms with van der Waals surface area (Å²) in [5.41, 5.74) is 3.16. The van der Waals surface area contributed by atoms with Gasteiger partial charge < -0.3 is 19.7 Å². The van der Waals surface area contributed by atoms with Crippen LogP contribution >= 0.6 is 0 Å². The minimum Gasteiger partial charge on any atom is -0.497 e. The van der Waals surface area contributed by atoms with Gasteiger partial charge in [0.15, 0.2) is 0 Å². The molecule has 1 fully saturated rings. The summed E-state index contributed by atoms with van der Waals surface area (Å²) in [6, 6.07) is 22.6. The first kappa shape index (κ1) is 23.2. The van der Waals surface area contributed by atoms with E-state index in [0.717, 1.165) is 23.3 Å². The molecule has 1 aliphatic heterocycles. The Morgan fingerprint density at radius 3 is 2.29 bits per heavy atom. The average Bonchev–Trinajstić information content (AvgIpc) is 2.86. The normalized spacial score (nSPS) is 13.5. The van der Waals surface area contributed by atoms with E-state index in [-0.39, 0.29) is 18.4 Å². The summed E-state index contributed by atoms with van der Waals surface area (Å²) in [6.07, 6.45) is 1.07. The van der Waals surface area contributed by atoms with E-state index >= 15 is 0 Å². The third-order valence-corrected chi connectivity index (χ3v) is 5.82. The number of nitrogens with zero attached hydrogens (tertiary/aromatic N) is 2. The number of nitrogens with one attached hydrogen (secondary N) is 1. The highest BCUT2D eigenvalue weighted by molar-refractivity contribution is 6.01. The molecule has 34 heavy (non-hydrogen) atoms. The molecule has 0 radical (unpaired) electrons. The molecule has 1 heterocycles. The molecule has 1 aliphatic rings. The van der Waals surface area contributed by atoms with Crippen LogP contribution in [-0.4, -0.2) is 44.1 Å². The molecule has 3 aromatic carbocycles. The molecule has 0 bridgehead atoms. The third-order valence-electron chi connectivity index (χ3n) is 5.82. The highest BCUT2D eigenvalue weighted by Crippen LogP contribution is 2.33. The SMILES string of the molecule is COc1ccc(CN2CCCN(c3ccc(OC)cc3NC(=O)Cc3ccccc3)C2=O)cc1. The van der Waals surface area contributed by atoms with Gasteiger partial charge in [0.2, 0.25) is 5.91 Å². The van der Waals surface area contributed by atoms with E-state index in [4.69, 9.17) is 9.47 Å². The van der Waals surface area contributed by atoms with Crippen LogP contribution < -0.4 is 19.7 Å². The zero-order valence-electron chi connectivity index (χ0n) is 19.5. The molecule has 0 saturated carbocycles. The molecule has 3 amide bonds. The average molecular weight is 460 g/mol. The number of ether oxygens (including phenoxy) is 2. The van der Waals surface area contributed by atoms with Gasteiger partial charge in [0.25, 0.3) is 0 Å². The summed E-state index contributed by atoms with van der Waals surface area (Å²) in [5.74, 6) is 1.24. The van der Waals surface area contributed by atoms with Gasteiger partial charge in [-0.25, -0.2) is 4.79 Å². The predicted octanol–water partition coefficient (Wildman–Crippen LogP) is 4.72. The fourth-order valence-corrected chi connectivity index (χ4v) is 4.06. The van der Waals surface area contributed by atoms with Crippen molar-refractivity contribution in [3.63, 3.8) is 0 Å². The van der Waals surface area contributed by atoms with Crippen LogP contribution in [0.1, 0.15) is 17.5 Å². The molecule has 3 aromatic rings. The van der Waals surface area contributed by atoms with Crippen LogP contribution in [0.25, 0.3) is 0 Å². The second-order valence-corrected chi connectivity index (χ2v) is 8.15. The van der Waals surface area contributed by atoms with Gasteiger partial charge >= 0.3 is 6.03 Å². The van der Waals surface area contributed by atoms with Crippen molar-refractivity contribution in [1.29, 1.82) is 0 Å². The quantitative estimate of drug-likeness (QED) is 0.529. The van der Waals surface area contributed by atoms with Crippen molar-refractivity contribution in [1.82, 2.24) is 4.90 Å². The maximum Gasteiger partial charge on any atom is 0.324 e. The van der Waals surface area contributed by atoms with Crippen LogP contribution in [0, 0.1) is 0 Å². The number of benzene rings is 3. The molecule has 176 valence electrons. The summed E-state index contributed by atoms with van der Waals surface area (Å²) < 4.78 is 10.6. The molecule has 0 atom stereocenters. The molecular formula is C27H29N3O4. The lowest BCUT2D eigenvalue weighted by Gasteiger charge is -2.36. The summed E-state index contributed by atoms with van der Waals surface area (Å²) in [4.78, 5) is 29.8. The first-order valence-electron chi connectivity index (χ1n) is 11.3. The Hall–Kier alpha value is -4.00. The van der Waals surface area contributed by atoms with Crippen molar-refractivity contribution in [2.45, 2.75) is 19.4 Å². The van der Waals surface area contributed by atoms with Crippen molar-refractivity contribution in [3.05, 3.63) is 83.9 Å². The van der Waals surface area contributed by atoms with Crippen LogP contribution in [-0.2, 0) is 17.8 Å². The van der Waals surface area contributed by atoms with E-state index < -0.39 is 0 Å². The lowest BCUT2D eigenvalue weighted by molar-refractivity contribution is -0.115. The Morgan fingerprint density at radius 1 is 0.882 bits per heavy atom. The molecule has 0 aliphatic carbocycles. The highest BCUT2D eigenvalue weighted by atomic mass is 16.5. The summed E-state index contributed by atoms with van der Waals surface area (Å²) in [7, 11) is 3.21. The second-order valence-electron chi connectivity index (χ2n) is 8.15. The topological polar surface area (TPSA) is 71.1 Å². The number of amides is 3. The lowest BCUT2D eigenvalue weighted by Crippen LogP contribution is -2.49. The van der Waals surface area contributed by atoms with E-state index in [1.54, 1.807) is 31.3 Å². The molecule has 1 N–H and O–H groups in total. The molecular weight excluding hydrogens is 430 g/mol. The van der Waals surface area contributed by atoms with E-state index in [0.29, 0.717) is 36.8 Å². The van der Waals surface area contributed by atoms with Crippen LogP contribution in [0.5, 0.6) is 11.5 Å². The molecule has 0 unspecified atom stereocenters. The van der Waals surface area contributed by atoms with Crippen molar-refractivity contribution in [3.8, 4) is 11.5 Å². The third kappa shape index (κ3) is 5.49. The minimum atomic E-state index is -0.153. The van der Waals surface area contributed by atoms with Gasteiger partial charge in [0.05, 0.1) is 32.0 Å². The van der Waals surface area contributed by atoms with Gasteiger partial charge in [-0.05, 0) is 41.8 Å². The fraction of sp³-hybridized carbons (Fsp3) is 0.259. The largest absolute Gasteiger partial charge is 0.497 e. The predicted molar refractivity (Wildman–Crippen MR) is 133 cm³/mol. The minimum absolute atomic E-state index is 0.0919. The Bertz CT molecular complexity index is 1130. The van der Waals surface area contributed by atoms with Gasteiger partial charge in [0.1, 0.15) is 11.5 Å². The number of rotatable bonds is 8. The Balaban J connectivity index is 1.53. The number of carbonyl (C=O) groups excluding carboxylic acids is 2. The fourth-order valence-electron chi connectivity index (χ4n) is 4.06. The Labute approximate surface area is 199 Å². The van der Waals surface area contributed by atoms with Crippen molar-refractivity contribution in [2.75, 3.05) is 37.5 Å². The maximum atomic E-state index is 13.4. The Morgan fingerprint density at radius 2 is 1.59 bits per heavy atom. The van der Waals surface area contributed by atoms with Crippen molar-refractivity contribution >= 4 is 23.3 Å². The zero-order chi connectivity index (χ0) is 23.9. The van der Waals surface area contributed by atoms with Gasteiger partial charge in [-0.3, -0.25) is 9.69 Å². The van der Waals surface area contributed by atoms with E-state index in [1.807, 2.05) is 65.6 Å². The zero-order valence-corrected chi connectivity index (χ0v) is 19.5. The first-order valence-corrected chi connectivity index (χ1v) is 11.3. The summed E-state index contributed by atoms with van der Waals surface area (Å²) >= 11 is 0. The van der Waals surface area contributed by atoms with Gasteiger partial charge in [-0.2, -0.15) is 0 Å². The number of methoxy groups -OCH3 is 2. The maximum absolute atomic E-state index is 13.4. The van der Waals surface area contributed by atoms with E-state index in [9.17, 15) is 9.59 Å². The van der Waals surface area contributed by atoms with Crippen LogP contribution in [0.3, 0.4) is 0 Å². The number of hydrogen-bond acceptors (Lipinski definition) is 4. The van der Waals surface area contributed by atoms with E-state index in [1.165, 1.54) is 0 Å². The molecule has 0 spiro atoms. The molecule has 7 nitrogen and oxygen atoms in total. The molecule has 1 saturated heterocycles. The number of anilines is 2.